The highest BCUT2D eigenvalue weighted by Crippen LogP contribution is 2.32. The summed E-state index contributed by atoms with van der Waals surface area (Å²) in [6.45, 7) is 4.93. The average Bonchev–Trinajstić information content (AvgIpc) is 3.20. The number of ether oxygens (including phenoxy) is 1. The largest absolute Gasteiger partial charge is 0.493 e. The maximum atomic E-state index is 12.6. The summed E-state index contributed by atoms with van der Waals surface area (Å²) in [5.74, 6) is 1.91. The van der Waals surface area contributed by atoms with Crippen LogP contribution in [-0.2, 0) is 17.6 Å². The minimum atomic E-state index is 0.105. The van der Waals surface area contributed by atoms with Crippen LogP contribution in [0.3, 0.4) is 0 Å². The molecule has 0 spiro atoms. The SMILES string of the molecule is CCCCC1CCC(C(=O)Nc2nnc(CCOc3ccc(CC)cc3)s2)CC1. The van der Waals surface area contributed by atoms with Gasteiger partial charge in [-0.05, 0) is 55.7 Å². The van der Waals surface area contributed by atoms with Crippen molar-refractivity contribution < 1.29 is 9.53 Å². The highest BCUT2D eigenvalue weighted by atomic mass is 32.1. The summed E-state index contributed by atoms with van der Waals surface area (Å²) in [5, 5.41) is 12.8. The topological polar surface area (TPSA) is 64.1 Å². The molecule has 29 heavy (non-hydrogen) atoms. The molecule has 1 aliphatic rings. The van der Waals surface area contributed by atoms with Crippen molar-refractivity contribution in [1.29, 1.82) is 0 Å². The lowest BCUT2D eigenvalue weighted by Gasteiger charge is -2.27. The van der Waals surface area contributed by atoms with Gasteiger partial charge in [0.05, 0.1) is 6.61 Å². The minimum Gasteiger partial charge on any atom is -0.493 e. The van der Waals surface area contributed by atoms with Crippen molar-refractivity contribution in [3.63, 3.8) is 0 Å². The Morgan fingerprint density at radius 1 is 1.14 bits per heavy atom. The number of hydrogen-bond acceptors (Lipinski definition) is 5. The molecule has 1 heterocycles. The molecule has 2 aromatic rings. The van der Waals surface area contributed by atoms with Crippen molar-refractivity contribution in [1.82, 2.24) is 10.2 Å². The van der Waals surface area contributed by atoms with Gasteiger partial charge >= 0.3 is 0 Å². The molecule has 1 aliphatic carbocycles. The molecule has 158 valence electrons. The van der Waals surface area contributed by atoms with Gasteiger partial charge in [0, 0.05) is 12.3 Å². The van der Waals surface area contributed by atoms with Gasteiger partial charge in [-0.25, -0.2) is 0 Å². The van der Waals surface area contributed by atoms with Gasteiger partial charge in [-0.2, -0.15) is 0 Å². The molecule has 1 fully saturated rings. The fourth-order valence-electron chi connectivity index (χ4n) is 3.90. The van der Waals surface area contributed by atoms with Crippen molar-refractivity contribution in [2.24, 2.45) is 11.8 Å². The van der Waals surface area contributed by atoms with Crippen LogP contribution in [-0.4, -0.2) is 22.7 Å². The maximum Gasteiger partial charge on any atom is 0.229 e. The molecule has 3 rings (SSSR count). The van der Waals surface area contributed by atoms with E-state index < -0.39 is 0 Å². The minimum absolute atomic E-state index is 0.105. The zero-order valence-electron chi connectivity index (χ0n) is 17.7. The van der Waals surface area contributed by atoms with E-state index in [9.17, 15) is 4.79 Å². The third kappa shape index (κ3) is 6.81. The Bertz CT molecular complexity index is 752. The molecule has 0 bridgehead atoms. The second-order valence-corrected chi connectivity index (χ2v) is 9.01. The van der Waals surface area contributed by atoms with Crippen molar-refractivity contribution >= 4 is 22.4 Å². The maximum absolute atomic E-state index is 12.6. The Labute approximate surface area is 178 Å². The molecule has 1 saturated carbocycles. The van der Waals surface area contributed by atoms with Crippen LogP contribution >= 0.6 is 11.3 Å². The van der Waals surface area contributed by atoms with Crippen LogP contribution in [0.5, 0.6) is 5.75 Å². The lowest BCUT2D eigenvalue weighted by atomic mass is 9.79. The van der Waals surface area contributed by atoms with Crippen LogP contribution in [0.2, 0.25) is 0 Å². The zero-order valence-corrected chi connectivity index (χ0v) is 18.5. The molecule has 1 aromatic heterocycles. The van der Waals surface area contributed by atoms with E-state index in [-0.39, 0.29) is 11.8 Å². The van der Waals surface area contributed by atoms with Gasteiger partial charge in [0.15, 0.2) is 0 Å². The van der Waals surface area contributed by atoms with E-state index in [1.165, 1.54) is 49.0 Å². The van der Waals surface area contributed by atoms with Gasteiger partial charge in [0.25, 0.3) is 0 Å². The third-order valence-corrected chi connectivity index (χ3v) is 6.70. The van der Waals surface area contributed by atoms with Gasteiger partial charge < -0.3 is 10.1 Å². The van der Waals surface area contributed by atoms with Crippen LogP contribution < -0.4 is 10.1 Å². The Balaban J connectivity index is 1.38. The van der Waals surface area contributed by atoms with Crippen LogP contribution in [0, 0.1) is 11.8 Å². The lowest BCUT2D eigenvalue weighted by Crippen LogP contribution is -2.27. The van der Waals surface area contributed by atoms with Gasteiger partial charge in [-0.1, -0.05) is 56.6 Å². The number of benzene rings is 1. The molecule has 0 unspecified atom stereocenters. The predicted octanol–water partition coefficient (Wildman–Crippen LogP) is 5.66. The molecule has 5 nitrogen and oxygen atoms in total. The Hall–Kier alpha value is -1.95. The van der Waals surface area contributed by atoms with E-state index in [1.807, 2.05) is 12.1 Å². The van der Waals surface area contributed by atoms with Gasteiger partial charge in [0.2, 0.25) is 11.0 Å². The predicted molar refractivity (Wildman–Crippen MR) is 119 cm³/mol. The molecule has 0 saturated heterocycles. The normalized spacial score (nSPS) is 19.1. The number of aryl methyl sites for hydroxylation is 1. The molecule has 0 radical (unpaired) electrons. The van der Waals surface area contributed by atoms with E-state index in [0.717, 1.165) is 35.9 Å². The number of anilines is 1. The summed E-state index contributed by atoms with van der Waals surface area (Å²) >= 11 is 1.44. The van der Waals surface area contributed by atoms with Crippen molar-refractivity contribution in [2.75, 3.05) is 11.9 Å². The number of carbonyl (C=O) groups excluding carboxylic acids is 1. The third-order valence-electron chi connectivity index (χ3n) is 5.80. The summed E-state index contributed by atoms with van der Waals surface area (Å²) in [6.07, 6.45) is 9.94. The molecular formula is C23H33N3O2S. The molecule has 0 aliphatic heterocycles. The first-order chi connectivity index (χ1) is 14.2. The fraction of sp³-hybridized carbons (Fsp3) is 0.609. The summed E-state index contributed by atoms with van der Waals surface area (Å²) in [5.41, 5.74) is 1.30. The van der Waals surface area contributed by atoms with Gasteiger partial charge in [-0.3, -0.25) is 4.79 Å². The Kier molecular flexibility index (Phi) is 8.47. The Morgan fingerprint density at radius 3 is 2.59 bits per heavy atom. The molecule has 1 amide bonds. The summed E-state index contributed by atoms with van der Waals surface area (Å²) in [4.78, 5) is 12.6. The quantitative estimate of drug-likeness (QED) is 0.544. The number of hydrogen-bond donors (Lipinski definition) is 1. The van der Waals surface area contributed by atoms with Crippen molar-refractivity contribution in [2.45, 2.75) is 71.6 Å². The number of carbonyl (C=O) groups is 1. The second-order valence-electron chi connectivity index (χ2n) is 7.95. The van der Waals surface area contributed by atoms with Crippen LogP contribution in [0.15, 0.2) is 24.3 Å². The Morgan fingerprint density at radius 2 is 1.90 bits per heavy atom. The highest BCUT2D eigenvalue weighted by molar-refractivity contribution is 7.15. The smallest absolute Gasteiger partial charge is 0.229 e. The highest BCUT2D eigenvalue weighted by Gasteiger charge is 2.26. The lowest BCUT2D eigenvalue weighted by molar-refractivity contribution is -0.121. The zero-order chi connectivity index (χ0) is 20.5. The van der Waals surface area contributed by atoms with Crippen molar-refractivity contribution in [3.05, 3.63) is 34.8 Å². The number of aromatic nitrogens is 2. The van der Waals surface area contributed by atoms with Crippen molar-refractivity contribution in [3.8, 4) is 5.75 Å². The summed E-state index contributed by atoms with van der Waals surface area (Å²) in [7, 11) is 0. The number of unbranched alkanes of at least 4 members (excludes halogenated alkanes) is 1. The molecule has 6 heteroatoms. The summed E-state index contributed by atoms with van der Waals surface area (Å²) < 4.78 is 5.78. The van der Waals surface area contributed by atoms with E-state index >= 15 is 0 Å². The number of amides is 1. The van der Waals surface area contributed by atoms with E-state index in [4.69, 9.17) is 4.74 Å². The van der Waals surface area contributed by atoms with E-state index in [1.54, 1.807) is 0 Å². The monoisotopic (exact) mass is 415 g/mol. The number of nitrogens with zero attached hydrogens (tertiary/aromatic N) is 2. The molecule has 1 aromatic carbocycles. The summed E-state index contributed by atoms with van der Waals surface area (Å²) in [6, 6.07) is 8.18. The molecule has 1 N–H and O–H groups in total. The van der Waals surface area contributed by atoms with E-state index in [2.05, 4.69) is 41.5 Å². The number of nitrogens with one attached hydrogen (secondary N) is 1. The average molecular weight is 416 g/mol. The standard InChI is InChI=1S/C23H33N3O2S/c1-3-5-6-18-7-11-19(12-8-18)22(27)24-23-26-25-21(29-23)15-16-28-20-13-9-17(4-2)10-14-20/h9-10,13-14,18-19H,3-8,11-12,15-16H2,1-2H3,(H,24,26,27). The number of rotatable bonds is 10. The van der Waals surface area contributed by atoms with Gasteiger partial charge in [0.1, 0.15) is 10.8 Å². The van der Waals surface area contributed by atoms with Gasteiger partial charge in [-0.15, -0.1) is 10.2 Å². The van der Waals surface area contributed by atoms with Crippen LogP contribution in [0.4, 0.5) is 5.13 Å². The first-order valence-corrected chi connectivity index (χ1v) is 11.8. The second kappa shape index (κ2) is 11.3. The van der Waals surface area contributed by atoms with Crippen LogP contribution in [0.1, 0.15) is 69.4 Å². The first kappa shape index (κ1) is 21.8. The van der Waals surface area contributed by atoms with E-state index in [0.29, 0.717) is 18.2 Å². The fourth-order valence-corrected chi connectivity index (χ4v) is 4.62. The first-order valence-electron chi connectivity index (χ1n) is 11.0. The molecule has 0 atom stereocenters. The molecular weight excluding hydrogens is 382 g/mol. The van der Waals surface area contributed by atoms with Crippen LogP contribution in [0.25, 0.3) is 0 Å².